The van der Waals surface area contributed by atoms with Crippen LogP contribution in [0.15, 0.2) is 28.8 Å². The maximum Gasteiger partial charge on any atom is 0.272 e. The lowest BCUT2D eigenvalue weighted by Crippen LogP contribution is -2.51. The molecule has 2 aliphatic rings. The monoisotopic (exact) mass is 328 g/mol. The Morgan fingerprint density at radius 3 is 2.96 bits per heavy atom. The fraction of sp³-hybridized carbons (Fsp3) is 0.529. The van der Waals surface area contributed by atoms with Gasteiger partial charge in [0.1, 0.15) is 5.69 Å². The molecule has 1 amide bonds. The largest absolute Gasteiger partial charge is 0.425 e. The summed E-state index contributed by atoms with van der Waals surface area (Å²) in [6.07, 6.45) is 3.46. The summed E-state index contributed by atoms with van der Waals surface area (Å²) in [4.78, 5) is 18.7. The number of likely N-dealkylation sites (tertiary alicyclic amines) is 1. The highest BCUT2D eigenvalue weighted by Crippen LogP contribution is 2.39. The van der Waals surface area contributed by atoms with Crippen LogP contribution in [0.4, 0.5) is 0 Å². The van der Waals surface area contributed by atoms with E-state index in [0.717, 1.165) is 12.8 Å². The molecule has 2 aromatic rings. The number of carbonyl (C=O) groups is 1. The molecule has 0 spiro atoms. The van der Waals surface area contributed by atoms with E-state index in [2.05, 4.69) is 15.2 Å². The van der Waals surface area contributed by atoms with E-state index in [-0.39, 0.29) is 23.8 Å². The maximum absolute atomic E-state index is 12.7. The Hall–Kier alpha value is -2.28. The van der Waals surface area contributed by atoms with Crippen LogP contribution >= 0.6 is 0 Å². The van der Waals surface area contributed by atoms with Crippen LogP contribution in [-0.2, 0) is 4.74 Å². The van der Waals surface area contributed by atoms with E-state index >= 15 is 0 Å². The Morgan fingerprint density at radius 1 is 1.29 bits per heavy atom. The highest BCUT2D eigenvalue weighted by Gasteiger charge is 2.42. The predicted octanol–water partition coefficient (Wildman–Crippen LogP) is 1.81. The van der Waals surface area contributed by atoms with Gasteiger partial charge in [0.25, 0.3) is 5.91 Å². The third kappa shape index (κ3) is 2.80. The minimum Gasteiger partial charge on any atom is -0.425 e. The van der Waals surface area contributed by atoms with Gasteiger partial charge in [-0.15, -0.1) is 10.2 Å². The van der Waals surface area contributed by atoms with E-state index in [1.807, 2.05) is 17.0 Å². The van der Waals surface area contributed by atoms with Crippen molar-refractivity contribution in [2.24, 2.45) is 5.92 Å². The number of rotatable bonds is 2. The van der Waals surface area contributed by atoms with Gasteiger partial charge in [0.15, 0.2) is 0 Å². The lowest BCUT2D eigenvalue weighted by molar-refractivity contribution is -0.0752. The molecule has 2 aromatic heterocycles. The van der Waals surface area contributed by atoms with Crippen molar-refractivity contribution in [3.05, 3.63) is 41.9 Å². The molecule has 24 heavy (non-hydrogen) atoms. The number of piperidine rings is 1. The molecule has 126 valence electrons. The van der Waals surface area contributed by atoms with Crippen molar-refractivity contribution in [1.82, 2.24) is 20.1 Å². The second-order valence-electron chi connectivity index (χ2n) is 6.38. The SMILES string of the molecule is Cc1nnc([C@@H]2CCO[C@@H]3CCN(C(=O)c4ccccn4)C[C@H]32)o1. The number of aryl methyl sites for hydroxylation is 1. The van der Waals surface area contributed by atoms with E-state index in [1.54, 1.807) is 19.2 Å². The second kappa shape index (κ2) is 6.32. The van der Waals surface area contributed by atoms with Gasteiger partial charge in [0, 0.05) is 44.7 Å². The first-order valence-corrected chi connectivity index (χ1v) is 8.34. The molecule has 4 rings (SSSR count). The first-order chi connectivity index (χ1) is 11.7. The third-order valence-electron chi connectivity index (χ3n) is 4.90. The number of carbonyl (C=O) groups excluding carboxylic acids is 1. The van der Waals surface area contributed by atoms with Crippen molar-refractivity contribution in [2.75, 3.05) is 19.7 Å². The molecule has 2 saturated heterocycles. The first kappa shape index (κ1) is 15.3. The second-order valence-corrected chi connectivity index (χ2v) is 6.38. The summed E-state index contributed by atoms with van der Waals surface area (Å²) in [6.45, 7) is 3.81. The number of hydrogen-bond acceptors (Lipinski definition) is 6. The molecule has 0 saturated carbocycles. The summed E-state index contributed by atoms with van der Waals surface area (Å²) < 4.78 is 11.6. The molecule has 0 aliphatic carbocycles. The number of fused-ring (bicyclic) bond motifs is 1. The molecule has 2 aliphatic heterocycles. The molecule has 3 atom stereocenters. The van der Waals surface area contributed by atoms with Crippen LogP contribution in [0.25, 0.3) is 0 Å². The quantitative estimate of drug-likeness (QED) is 0.836. The van der Waals surface area contributed by atoms with Crippen molar-refractivity contribution in [2.45, 2.75) is 31.8 Å². The molecular formula is C17H20N4O3. The smallest absolute Gasteiger partial charge is 0.272 e. The van der Waals surface area contributed by atoms with Crippen molar-refractivity contribution in [3.8, 4) is 0 Å². The molecule has 2 fully saturated rings. The first-order valence-electron chi connectivity index (χ1n) is 8.34. The molecule has 0 aromatic carbocycles. The third-order valence-corrected chi connectivity index (χ3v) is 4.90. The van der Waals surface area contributed by atoms with Gasteiger partial charge in [-0.2, -0.15) is 0 Å². The number of pyridine rings is 1. The van der Waals surface area contributed by atoms with Crippen LogP contribution in [0.5, 0.6) is 0 Å². The van der Waals surface area contributed by atoms with Gasteiger partial charge >= 0.3 is 0 Å². The molecule has 4 heterocycles. The minimum atomic E-state index is -0.0277. The molecular weight excluding hydrogens is 308 g/mol. The standard InChI is InChI=1S/C17H20N4O3/c1-11-19-20-16(24-11)12-6-9-23-15-5-8-21(10-13(12)15)17(22)14-4-2-3-7-18-14/h2-4,7,12-13,15H,5-6,8-10H2,1H3/t12-,13+,15-/m1/s1. The van der Waals surface area contributed by atoms with Gasteiger partial charge in [0.05, 0.1) is 6.10 Å². The summed E-state index contributed by atoms with van der Waals surface area (Å²) in [5.41, 5.74) is 0.484. The zero-order valence-electron chi connectivity index (χ0n) is 13.6. The topological polar surface area (TPSA) is 81.4 Å². The Balaban J connectivity index is 1.54. The zero-order valence-corrected chi connectivity index (χ0v) is 13.6. The van der Waals surface area contributed by atoms with Crippen molar-refractivity contribution < 1.29 is 13.9 Å². The molecule has 0 radical (unpaired) electrons. The number of ether oxygens (including phenoxy) is 1. The predicted molar refractivity (Wildman–Crippen MR) is 84.4 cm³/mol. The van der Waals surface area contributed by atoms with Crippen LogP contribution in [0.3, 0.4) is 0 Å². The molecule has 0 unspecified atom stereocenters. The average molecular weight is 328 g/mol. The van der Waals surface area contributed by atoms with E-state index < -0.39 is 0 Å². The Labute approximate surface area is 140 Å². The molecule has 0 bridgehead atoms. The van der Waals surface area contributed by atoms with Gasteiger partial charge in [0.2, 0.25) is 11.8 Å². The van der Waals surface area contributed by atoms with E-state index in [0.29, 0.717) is 37.2 Å². The van der Waals surface area contributed by atoms with Crippen LogP contribution in [0.1, 0.15) is 41.0 Å². The summed E-state index contributed by atoms with van der Waals surface area (Å²) in [7, 11) is 0. The Bertz CT molecular complexity index is 718. The summed E-state index contributed by atoms with van der Waals surface area (Å²) in [6, 6.07) is 5.40. The number of amides is 1. The summed E-state index contributed by atoms with van der Waals surface area (Å²) in [5, 5.41) is 8.15. The maximum atomic E-state index is 12.7. The van der Waals surface area contributed by atoms with Crippen molar-refractivity contribution >= 4 is 5.91 Å². The van der Waals surface area contributed by atoms with E-state index in [1.165, 1.54) is 0 Å². The van der Waals surface area contributed by atoms with Crippen LogP contribution in [0.2, 0.25) is 0 Å². The highest BCUT2D eigenvalue weighted by molar-refractivity contribution is 5.92. The van der Waals surface area contributed by atoms with Gasteiger partial charge in [-0.05, 0) is 25.0 Å². The Morgan fingerprint density at radius 2 is 2.21 bits per heavy atom. The number of hydrogen-bond donors (Lipinski definition) is 0. The summed E-state index contributed by atoms with van der Waals surface area (Å²) >= 11 is 0. The molecule has 0 N–H and O–H groups in total. The minimum absolute atomic E-state index is 0.0277. The van der Waals surface area contributed by atoms with Crippen LogP contribution in [0, 0.1) is 12.8 Å². The lowest BCUT2D eigenvalue weighted by atomic mass is 9.79. The Kier molecular flexibility index (Phi) is 4.02. The normalized spacial score (nSPS) is 26.9. The van der Waals surface area contributed by atoms with Crippen molar-refractivity contribution in [1.29, 1.82) is 0 Å². The molecule has 7 heteroatoms. The number of nitrogens with zero attached hydrogens (tertiary/aromatic N) is 4. The van der Waals surface area contributed by atoms with E-state index in [9.17, 15) is 4.79 Å². The van der Waals surface area contributed by atoms with Gasteiger partial charge in [-0.3, -0.25) is 9.78 Å². The van der Waals surface area contributed by atoms with Gasteiger partial charge < -0.3 is 14.1 Å². The van der Waals surface area contributed by atoms with Gasteiger partial charge in [-0.25, -0.2) is 0 Å². The van der Waals surface area contributed by atoms with Crippen LogP contribution in [-0.4, -0.2) is 51.8 Å². The van der Waals surface area contributed by atoms with Gasteiger partial charge in [-0.1, -0.05) is 6.07 Å². The highest BCUT2D eigenvalue weighted by atomic mass is 16.5. The zero-order chi connectivity index (χ0) is 16.5. The fourth-order valence-electron chi connectivity index (χ4n) is 3.72. The molecule has 7 nitrogen and oxygen atoms in total. The lowest BCUT2D eigenvalue weighted by Gasteiger charge is -2.43. The fourth-order valence-corrected chi connectivity index (χ4v) is 3.72. The average Bonchev–Trinajstić information content (AvgIpc) is 3.07. The van der Waals surface area contributed by atoms with Crippen molar-refractivity contribution in [3.63, 3.8) is 0 Å². The number of aromatic nitrogens is 3. The summed E-state index contributed by atoms with van der Waals surface area (Å²) in [5.74, 6) is 1.53. The van der Waals surface area contributed by atoms with E-state index in [4.69, 9.17) is 9.15 Å². The van der Waals surface area contributed by atoms with Crippen LogP contribution < -0.4 is 0 Å².